The van der Waals surface area contributed by atoms with Gasteiger partial charge in [-0.15, -0.1) is 11.8 Å². The van der Waals surface area contributed by atoms with E-state index < -0.39 is 0 Å². The Morgan fingerprint density at radius 2 is 1.91 bits per heavy atom. The van der Waals surface area contributed by atoms with Crippen LogP contribution in [0.25, 0.3) is 0 Å². The number of carbonyl (C=O) groups excluding carboxylic acids is 1. The SMILES string of the molecule is O=C(CSc1ccccc1Cl)Nc1cc2c(cc1Br)OCCO2. The Balaban J connectivity index is 1.65. The first-order valence-electron chi connectivity index (χ1n) is 6.90. The normalized spacial score (nSPS) is 12.8. The summed E-state index contributed by atoms with van der Waals surface area (Å²) in [5.41, 5.74) is 0.652. The number of benzene rings is 2. The largest absolute Gasteiger partial charge is 0.486 e. The van der Waals surface area contributed by atoms with Crippen molar-refractivity contribution in [3.05, 3.63) is 45.9 Å². The highest BCUT2D eigenvalue weighted by Crippen LogP contribution is 2.38. The summed E-state index contributed by atoms with van der Waals surface area (Å²) in [6, 6.07) is 11.0. The molecule has 3 rings (SSSR count). The molecule has 2 aromatic rings. The van der Waals surface area contributed by atoms with E-state index in [-0.39, 0.29) is 11.7 Å². The second kappa shape index (κ2) is 7.47. The molecule has 7 heteroatoms. The van der Waals surface area contributed by atoms with E-state index in [2.05, 4.69) is 21.2 Å². The molecule has 1 N–H and O–H groups in total. The molecule has 0 atom stereocenters. The van der Waals surface area contributed by atoms with Crippen molar-refractivity contribution in [2.75, 3.05) is 24.3 Å². The van der Waals surface area contributed by atoms with Crippen LogP contribution in [0.4, 0.5) is 5.69 Å². The summed E-state index contributed by atoms with van der Waals surface area (Å²) in [5, 5.41) is 3.51. The minimum atomic E-state index is -0.118. The number of thioether (sulfide) groups is 1. The maximum atomic E-state index is 12.1. The van der Waals surface area contributed by atoms with E-state index in [0.29, 0.717) is 35.4 Å². The molecule has 0 saturated carbocycles. The molecule has 1 amide bonds. The van der Waals surface area contributed by atoms with Crippen LogP contribution in [0.5, 0.6) is 11.5 Å². The van der Waals surface area contributed by atoms with E-state index in [0.717, 1.165) is 9.37 Å². The molecule has 120 valence electrons. The molecular formula is C16H13BrClNO3S. The Hall–Kier alpha value is -1.37. The third-order valence-electron chi connectivity index (χ3n) is 3.10. The molecular weight excluding hydrogens is 402 g/mol. The molecule has 0 radical (unpaired) electrons. The first-order valence-corrected chi connectivity index (χ1v) is 9.05. The Labute approximate surface area is 151 Å². The van der Waals surface area contributed by atoms with Crippen molar-refractivity contribution in [1.29, 1.82) is 0 Å². The molecule has 0 aliphatic carbocycles. The van der Waals surface area contributed by atoms with Crippen LogP contribution < -0.4 is 14.8 Å². The van der Waals surface area contributed by atoms with E-state index in [4.69, 9.17) is 21.1 Å². The zero-order valence-electron chi connectivity index (χ0n) is 12.0. The third kappa shape index (κ3) is 4.13. The van der Waals surface area contributed by atoms with Gasteiger partial charge < -0.3 is 14.8 Å². The maximum Gasteiger partial charge on any atom is 0.234 e. The Bertz CT molecular complexity index is 741. The lowest BCUT2D eigenvalue weighted by atomic mass is 10.2. The van der Waals surface area contributed by atoms with Gasteiger partial charge in [0.25, 0.3) is 0 Å². The average Bonchev–Trinajstić information content (AvgIpc) is 2.55. The van der Waals surface area contributed by atoms with E-state index >= 15 is 0 Å². The predicted octanol–water partition coefficient (Wildman–Crippen LogP) is 4.60. The molecule has 4 nitrogen and oxygen atoms in total. The molecule has 23 heavy (non-hydrogen) atoms. The monoisotopic (exact) mass is 413 g/mol. The zero-order chi connectivity index (χ0) is 16.2. The van der Waals surface area contributed by atoms with Crippen LogP contribution in [0, 0.1) is 0 Å². The quantitative estimate of drug-likeness (QED) is 0.743. The van der Waals surface area contributed by atoms with Gasteiger partial charge in [-0.2, -0.15) is 0 Å². The minimum absolute atomic E-state index is 0.118. The molecule has 0 aromatic heterocycles. The summed E-state index contributed by atoms with van der Waals surface area (Å²) >= 11 is 10.9. The summed E-state index contributed by atoms with van der Waals surface area (Å²) < 4.78 is 11.8. The lowest BCUT2D eigenvalue weighted by Crippen LogP contribution is -2.17. The molecule has 2 aromatic carbocycles. The number of nitrogens with one attached hydrogen (secondary N) is 1. The summed E-state index contributed by atoms with van der Waals surface area (Å²) in [4.78, 5) is 13.0. The summed E-state index contributed by atoms with van der Waals surface area (Å²) in [6.07, 6.45) is 0. The van der Waals surface area contributed by atoms with Crippen molar-refractivity contribution >= 4 is 50.9 Å². The van der Waals surface area contributed by atoms with Gasteiger partial charge in [0.2, 0.25) is 5.91 Å². The fourth-order valence-corrected chi connectivity index (χ4v) is 3.51. The molecule has 1 aliphatic heterocycles. The van der Waals surface area contributed by atoms with Crippen LogP contribution in [0.2, 0.25) is 5.02 Å². The first kappa shape index (κ1) is 16.5. The smallest absolute Gasteiger partial charge is 0.234 e. The number of halogens is 2. The molecule has 1 heterocycles. The van der Waals surface area contributed by atoms with Gasteiger partial charge in [0.1, 0.15) is 13.2 Å². The van der Waals surface area contributed by atoms with Crippen molar-refractivity contribution in [3.8, 4) is 11.5 Å². The maximum absolute atomic E-state index is 12.1. The van der Waals surface area contributed by atoms with Gasteiger partial charge in [-0.3, -0.25) is 4.79 Å². The summed E-state index contributed by atoms with van der Waals surface area (Å²) in [7, 11) is 0. The molecule has 0 saturated heterocycles. The van der Waals surface area contributed by atoms with E-state index in [1.807, 2.05) is 18.2 Å². The molecule has 0 unspecified atom stereocenters. The molecule has 0 spiro atoms. The fraction of sp³-hybridized carbons (Fsp3) is 0.188. The number of amides is 1. The lowest BCUT2D eigenvalue weighted by Gasteiger charge is -2.20. The number of anilines is 1. The number of hydrogen-bond acceptors (Lipinski definition) is 4. The standard InChI is InChI=1S/C16H13BrClNO3S/c17-10-7-13-14(22-6-5-21-13)8-12(10)19-16(20)9-23-15-4-2-1-3-11(15)18/h1-4,7-8H,5-6,9H2,(H,19,20). The van der Waals surface area contributed by atoms with Gasteiger partial charge in [0.05, 0.1) is 16.5 Å². The average molecular weight is 415 g/mol. The van der Waals surface area contributed by atoms with Crippen molar-refractivity contribution in [2.24, 2.45) is 0 Å². The summed E-state index contributed by atoms with van der Waals surface area (Å²) in [5.74, 6) is 1.46. The van der Waals surface area contributed by atoms with E-state index in [1.54, 1.807) is 18.2 Å². The number of hydrogen-bond donors (Lipinski definition) is 1. The van der Waals surface area contributed by atoms with Crippen LogP contribution >= 0.6 is 39.3 Å². The lowest BCUT2D eigenvalue weighted by molar-refractivity contribution is -0.113. The van der Waals surface area contributed by atoms with Crippen LogP contribution in [0.3, 0.4) is 0 Å². The van der Waals surface area contributed by atoms with Gasteiger partial charge in [-0.05, 0) is 28.1 Å². The summed E-state index contributed by atoms with van der Waals surface area (Å²) in [6.45, 7) is 1.03. The highest BCUT2D eigenvalue weighted by Gasteiger charge is 2.16. The van der Waals surface area contributed by atoms with Gasteiger partial charge in [-0.1, -0.05) is 23.7 Å². The predicted molar refractivity (Wildman–Crippen MR) is 95.9 cm³/mol. The number of fused-ring (bicyclic) bond motifs is 1. The van der Waals surface area contributed by atoms with Crippen molar-refractivity contribution in [1.82, 2.24) is 0 Å². The third-order valence-corrected chi connectivity index (χ3v) is 5.27. The number of carbonyl (C=O) groups is 1. The second-order valence-corrected chi connectivity index (χ2v) is 7.02. The zero-order valence-corrected chi connectivity index (χ0v) is 15.1. The first-order chi connectivity index (χ1) is 11.1. The van der Waals surface area contributed by atoms with Crippen LogP contribution in [-0.4, -0.2) is 24.9 Å². The molecule has 1 aliphatic rings. The molecule has 0 fully saturated rings. The van der Waals surface area contributed by atoms with Crippen molar-refractivity contribution in [3.63, 3.8) is 0 Å². The molecule has 0 bridgehead atoms. The highest BCUT2D eigenvalue weighted by atomic mass is 79.9. The van der Waals surface area contributed by atoms with E-state index in [1.165, 1.54) is 11.8 Å². The fourth-order valence-electron chi connectivity index (χ4n) is 2.05. The Morgan fingerprint density at radius 3 is 2.65 bits per heavy atom. The van der Waals surface area contributed by atoms with E-state index in [9.17, 15) is 4.79 Å². The van der Waals surface area contributed by atoms with Gasteiger partial charge >= 0.3 is 0 Å². The topological polar surface area (TPSA) is 47.6 Å². The Kier molecular flexibility index (Phi) is 5.35. The number of rotatable bonds is 4. The number of ether oxygens (including phenoxy) is 2. The van der Waals surface area contributed by atoms with Crippen LogP contribution in [0.1, 0.15) is 0 Å². The van der Waals surface area contributed by atoms with Crippen molar-refractivity contribution in [2.45, 2.75) is 4.90 Å². The van der Waals surface area contributed by atoms with Crippen LogP contribution in [0.15, 0.2) is 45.8 Å². The second-order valence-electron chi connectivity index (χ2n) is 4.74. The van der Waals surface area contributed by atoms with Crippen LogP contribution in [-0.2, 0) is 4.79 Å². The van der Waals surface area contributed by atoms with Gasteiger partial charge in [0.15, 0.2) is 11.5 Å². The minimum Gasteiger partial charge on any atom is -0.486 e. The van der Waals surface area contributed by atoms with Crippen molar-refractivity contribution < 1.29 is 14.3 Å². The van der Waals surface area contributed by atoms with Gasteiger partial charge in [-0.25, -0.2) is 0 Å². The Morgan fingerprint density at radius 1 is 1.22 bits per heavy atom. The van der Waals surface area contributed by atoms with Gasteiger partial charge in [0, 0.05) is 21.5 Å². The highest BCUT2D eigenvalue weighted by molar-refractivity contribution is 9.10.